The van der Waals surface area contributed by atoms with Crippen molar-refractivity contribution in [2.75, 3.05) is 53.4 Å². The van der Waals surface area contributed by atoms with Gasteiger partial charge in [-0.1, -0.05) is 57.8 Å². The minimum absolute atomic E-state index is 0. The minimum Gasteiger partial charge on any atom is -0.478 e. The van der Waals surface area contributed by atoms with Gasteiger partial charge in [0.1, 0.15) is 12.5 Å². The molecule has 0 atom stereocenters. The molecule has 1 amide bonds. The van der Waals surface area contributed by atoms with E-state index in [0.29, 0.717) is 69.5 Å². The van der Waals surface area contributed by atoms with Gasteiger partial charge in [-0.2, -0.15) is 9.97 Å². The van der Waals surface area contributed by atoms with Crippen LogP contribution in [-0.4, -0.2) is 110 Å². The summed E-state index contributed by atoms with van der Waals surface area (Å²) >= 11 is 11.9. The van der Waals surface area contributed by atoms with Crippen molar-refractivity contribution in [2.24, 2.45) is 5.73 Å². The van der Waals surface area contributed by atoms with Gasteiger partial charge in [0.2, 0.25) is 35.2 Å². The van der Waals surface area contributed by atoms with Gasteiger partial charge in [0.25, 0.3) is 5.91 Å². The van der Waals surface area contributed by atoms with Gasteiger partial charge in [-0.15, -0.1) is 12.4 Å². The number of carbonyl (C=O) groups excluding carboxylic acids is 1. The Kier molecular flexibility index (Phi) is 17.4. The number of benzene rings is 4. The summed E-state index contributed by atoms with van der Waals surface area (Å²) in [4.78, 5) is 46.3. The number of nitrogens with one attached hydrogen (secondary N) is 1. The molecule has 2 aliphatic rings. The van der Waals surface area contributed by atoms with Crippen LogP contribution in [0.1, 0.15) is 69.6 Å². The number of rotatable bonds is 11. The maximum Gasteiger partial charge on any atom is 0.335 e. The molecule has 0 saturated carbocycles. The third kappa shape index (κ3) is 12.8. The molecule has 2 saturated heterocycles. The number of carbonyl (C=O) groups is 2. The van der Waals surface area contributed by atoms with Gasteiger partial charge in [-0.3, -0.25) is 4.79 Å². The van der Waals surface area contributed by atoms with Crippen LogP contribution in [-0.2, 0) is 10.8 Å². The van der Waals surface area contributed by atoms with Crippen LogP contribution >= 0.6 is 35.6 Å². The van der Waals surface area contributed by atoms with Crippen LogP contribution in [0.5, 0.6) is 0 Å². The number of nitrogens with two attached hydrogens (primary N) is 1. The van der Waals surface area contributed by atoms with Crippen LogP contribution < -0.4 is 11.1 Å². The summed E-state index contributed by atoms with van der Waals surface area (Å²) in [7, 11) is 4.25. The number of aryl methyl sites for hydroxylation is 2. The standard InChI is InChI=1S/C26H26ClN5O3.C16H20ClN3O.C10H8N2O3.ClH/c1-17-29-23(31-35-17)19-4-3-5-20(14-19)24(33)28-16-26(10-12-32(2)13-11-26)22-15-34-25(30-22)18-6-8-21(27)9-7-18;1-20-8-6-16(11-18,7-9-20)14-10-21-15(19-14)12-2-4-13(17)5-3-12;1-6-11-9(12-15-6)7-3-2-4-8(5-7)10(13)14;/h3-9,14-15H,10-13,16H2,1-2H3,(H,28,33);2-5,10H,6-9,11,18H2,1H3;2-5H,1H3,(H,13,14);1H. The molecule has 8 aromatic rings. The van der Waals surface area contributed by atoms with Crippen molar-refractivity contribution in [1.82, 2.24) is 45.4 Å². The van der Waals surface area contributed by atoms with E-state index in [1.54, 1.807) is 50.6 Å². The van der Waals surface area contributed by atoms with Crippen LogP contribution in [0, 0.1) is 13.8 Å². The number of likely N-dealkylation sites (tertiary alicyclic amines) is 2. The molecule has 0 spiro atoms. The fourth-order valence-electron chi connectivity index (χ4n) is 8.44. The Morgan fingerprint density at radius 1 is 0.639 bits per heavy atom. The lowest BCUT2D eigenvalue weighted by Gasteiger charge is -2.39. The number of carboxylic acid groups (broad SMARTS) is 1. The number of oxazole rings is 2. The van der Waals surface area contributed by atoms with Crippen molar-refractivity contribution in [3.63, 3.8) is 0 Å². The molecule has 376 valence electrons. The SMILES string of the molecule is CN1CCC(CN)(c2coc(-c3ccc(Cl)cc3)n2)CC1.Cc1nc(-c2cccc(C(=O)NCC3(c4coc(-c5ccc(Cl)cc5)n4)CCN(C)CC3)c2)no1.Cc1nc(-c2cccc(C(=O)O)c2)no1.Cl. The van der Waals surface area contributed by atoms with E-state index in [-0.39, 0.29) is 34.7 Å². The number of aromatic nitrogens is 6. The van der Waals surface area contributed by atoms with Gasteiger partial charge in [0.05, 0.1) is 17.0 Å². The maximum absolute atomic E-state index is 13.1. The molecule has 2 aliphatic heterocycles. The molecule has 2 fully saturated rings. The molecule has 17 nitrogen and oxygen atoms in total. The lowest BCUT2D eigenvalue weighted by Crippen LogP contribution is -2.48. The van der Waals surface area contributed by atoms with Gasteiger partial charge < -0.3 is 43.8 Å². The Hall–Kier alpha value is -6.73. The third-order valence-corrected chi connectivity index (χ3v) is 13.5. The fraction of sp³-hybridized carbons (Fsp3) is 0.308. The Morgan fingerprint density at radius 2 is 1.07 bits per heavy atom. The van der Waals surface area contributed by atoms with E-state index < -0.39 is 5.97 Å². The first-order chi connectivity index (χ1) is 34.2. The number of hydrogen-bond donors (Lipinski definition) is 3. The normalized spacial score (nSPS) is 15.3. The molecule has 72 heavy (non-hydrogen) atoms. The van der Waals surface area contributed by atoms with E-state index >= 15 is 0 Å². The molecule has 0 radical (unpaired) electrons. The van der Waals surface area contributed by atoms with E-state index in [2.05, 4.69) is 49.5 Å². The molecule has 6 heterocycles. The minimum atomic E-state index is -0.975. The van der Waals surface area contributed by atoms with Gasteiger partial charge in [0.15, 0.2) is 0 Å². The summed E-state index contributed by atoms with van der Waals surface area (Å²) in [6.45, 7) is 8.37. The number of piperidine rings is 2. The van der Waals surface area contributed by atoms with Gasteiger partial charge in [0, 0.05) is 75.6 Å². The lowest BCUT2D eigenvalue weighted by atomic mass is 9.76. The first kappa shape index (κ1) is 53.1. The number of halogens is 3. The lowest BCUT2D eigenvalue weighted by molar-refractivity contribution is 0.0696. The van der Waals surface area contributed by atoms with Crippen LogP contribution in [0.15, 0.2) is 127 Å². The second-order valence-electron chi connectivity index (χ2n) is 17.9. The summed E-state index contributed by atoms with van der Waals surface area (Å²) in [5.41, 5.74) is 11.4. The zero-order valence-corrected chi connectivity index (χ0v) is 42.5. The third-order valence-electron chi connectivity index (χ3n) is 12.9. The van der Waals surface area contributed by atoms with Crippen molar-refractivity contribution in [3.8, 4) is 45.7 Å². The monoisotopic (exact) mass is 1040 g/mol. The maximum atomic E-state index is 13.1. The molecule has 0 aliphatic carbocycles. The molecule has 4 aromatic carbocycles. The van der Waals surface area contributed by atoms with Gasteiger partial charge in [-0.05, 0) is 139 Å². The summed E-state index contributed by atoms with van der Waals surface area (Å²) in [5.74, 6) is 1.83. The quantitative estimate of drug-likeness (QED) is 0.109. The summed E-state index contributed by atoms with van der Waals surface area (Å²) in [6, 6.07) is 28.5. The zero-order valence-electron chi connectivity index (χ0n) is 40.2. The Balaban J connectivity index is 0.000000174. The highest BCUT2D eigenvalue weighted by Gasteiger charge is 2.39. The molecule has 0 bridgehead atoms. The fourth-order valence-corrected chi connectivity index (χ4v) is 8.69. The summed E-state index contributed by atoms with van der Waals surface area (Å²) in [5, 5.41) is 21.0. The van der Waals surface area contributed by atoms with Crippen molar-refractivity contribution < 1.29 is 32.6 Å². The molecule has 20 heteroatoms. The molecule has 10 rings (SSSR count). The average molecular weight is 1040 g/mol. The molecular formula is C52H55Cl3N10O7. The van der Waals surface area contributed by atoms with Crippen molar-refractivity contribution in [3.05, 3.63) is 154 Å². The number of nitrogens with zero attached hydrogens (tertiary/aromatic N) is 8. The molecule has 0 unspecified atom stereocenters. The van der Waals surface area contributed by atoms with Crippen molar-refractivity contribution >= 4 is 47.5 Å². The summed E-state index contributed by atoms with van der Waals surface area (Å²) in [6.07, 6.45) is 7.25. The summed E-state index contributed by atoms with van der Waals surface area (Å²) < 4.78 is 21.4. The number of amides is 1. The predicted molar refractivity (Wildman–Crippen MR) is 275 cm³/mol. The first-order valence-electron chi connectivity index (χ1n) is 23.1. The van der Waals surface area contributed by atoms with Crippen molar-refractivity contribution in [1.29, 1.82) is 0 Å². The molecular weight excluding hydrogens is 983 g/mol. The number of aromatic carboxylic acids is 1. The highest BCUT2D eigenvalue weighted by atomic mass is 35.5. The second kappa shape index (κ2) is 23.7. The predicted octanol–water partition coefficient (Wildman–Crippen LogP) is 9.83. The van der Waals surface area contributed by atoms with E-state index in [9.17, 15) is 9.59 Å². The Bertz CT molecular complexity index is 3050. The molecule has 4 N–H and O–H groups in total. The van der Waals surface area contributed by atoms with Crippen LogP contribution in [0.25, 0.3) is 45.7 Å². The van der Waals surface area contributed by atoms with E-state index in [0.717, 1.165) is 79.9 Å². The Morgan fingerprint density at radius 3 is 1.50 bits per heavy atom. The largest absolute Gasteiger partial charge is 0.478 e. The highest BCUT2D eigenvalue weighted by Crippen LogP contribution is 2.37. The van der Waals surface area contributed by atoms with E-state index in [4.69, 9.17) is 61.9 Å². The number of hydrogen-bond acceptors (Lipinski definition) is 15. The second-order valence-corrected chi connectivity index (χ2v) is 18.8. The van der Waals surface area contributed by atoms with Gasteiger partial charge in [-0.25, -0.2) is 14.8 Å². The van der Waals surface area contributed by atoms with Gasteiger partial charge >= 0.3 is 5.97 Å². The zero-order chi connectivity index (χ0) is 50.1. The smallest absolute Gasteiger partial charge is 0.335 e. The van der Waals surface area contributed by atoms with Crippen LogP contribution in [0.4, 0.5) is 0 Å². The number of carboxylic acids is 1. The Labute approximate surface area is 432 Å². The highest BCUT2D eigenvalue weighted by molar-refractivity contribution is 6.30. The van der Waals surface area contributed by atoms with E-state index in [1.165, 1.54) is 12.1 Å². The van der Waals surface area contributed by atoms with Crippen molar-refractivity contribution in [2.45, 2.75) is 50.4 Å². The van der Waals surface area contributed by atoms with E-state index in [1.807, 2.05) is 60.7 Å². The van der Waals surface area contributed by atoms with Crippen LogP contribution in [0.3, 0.4) is 0 Å². The average Bonchev–Trinajstić information content (AvgIpc) is 4.25. The van der Waals surface area contributed by atoms with Crippen LogP contribution in [0.2, 0.25) is 10.0 Å². The molecule has 4 aromatic heterocycles. The first-order valence-corrected chi connectivity index (χ1v) is 23.8. The topological polar surface area (TPSA) is 229 Å².